The Balaban J connectivity index is 1.92. The molecule has 1 fully saturated rings. The lowest BCUT2D eigenvalue weighted by Gasteiger charge is -2.23. The van der Waals surface area contributed by atoms with Crippen molar-refractivity contribution in [3.8, 4) is 0 Å². The van der Waals surface area contributed by atoms with Crippen LogP contribution in [-0.2, 0) is 0 Å². The minimum absolute atomic E-state index is 0.100. The molecule has 112 valence electrons. The summed E-state index contributed by atoms with van der Waals surface area (Å²) >= 11 is 0. The Morgan fingerprint density at radius 2 is 2.15 bits per heavy atom. The minimum Gasteiger partial charge on any atom is -0.310 e. The summed E-state index contributed by atoms with van der Waals surface area (Å²) in [5.41, 5.74) is 1.78. The second-order valence-electron chi connectivity index (χ2n) is 6.11. The number of hydrogen-bond acceptors (Lipinski definition) is 2. The van der Waals surface area contributed by atoms with E-state index in [2.05, 4.69) is 24.2 Å². The van der Waals surface area contributed by atoms with Crippen LogP contribution in [0, 0.1) is 18.7 Å². The van der Waals surface area contributed by atoms with E-state index < -0.39 is 0 Å². The van der Waals surface area contributed by atoms with Gasteiger partial charge in [0.15, 0.2) is 0 Å². The van der Waals surface area contributed by atoms with Crippen LogP contribution in [0.2, 0.25) is 0 Å². The molecule has 0 bridgehead atoms. The summed E-state index contributed by atoms with van der Waals surface area (Å²) < 4.78 is 13.7. The van der Waals surface area contributed by atoms with Crippen LogP contribution in [0.3, 0.4) is 0 Å². The maximum Gasteiger partial charge on any atom is 0.126 e. The van der Waals surface area contributed by atoms with Gasteiger partial charge in [0.1, 0.15) is 5.82 Å². The van der Waals surface area contributed by atoms with Crippen molar-refractivity contribution in [3.05, 3.63) is 35.1 Å². The SMILES string of the molecule is CCNC(CCN(C)CC1CC1)c1ccc(C)c(F)c1. The highest BCUT2D eigenvalue weighted by atomic mass is 19.1. The first-order valence-corrected chi connectivity index (χ1v) is 7.78. The van der Waals surface area contributed by atoms with E-state index in [0.29, 0.717) is 0 Å². The molecule has 20 heavy (non-hydrogen) atoms. The molecule has 1 N–H and O–H groups in total. The van der Waals surface area contributed by atoms with Gasteiger partial charge in [-0.05, 0) is 69.4 Å². The highest BCUT2D eigenvalue weighted by Crippen LogP contribution is 2.29. The first-order chi connectivity index (χ1) is 9.60. The van der Waals surface area contributed by atoms with E-state index in [4.69, 9.17) is 0 Å². The van der Waals surface area contributed by atoms with E-state index in [0.717, 1.165) is 36.6 Å². The van der Waals surface area contributed by atoms with E-state index >= 15 is 0 Å². The highest BCUT2D eigenvalue weighted by molar-refractivity contribution is 5.25. The molecule has 0 aliphatic heterocycles. The monoisotopic (exact) mass is 278 g/mol. The Morgan fingerprint density at radius 1 is 1.40 bits per heavy atom. The van der Waals surface area contributed by atoms with Crippen molar-refractivity contribution in [1.29, 1.82) is 0 Å². The third-order valence-corrected chi connectivity index (χ3v) is 4.12. The zero-order valence-corrected chi connectivity index (χ0v) is 13.0. The summed E-state index contributed by atoms with van der Waals surface area (Å²) in [4.78, 5) is 2.41. The number of aryl methyl sites for hydroxylation is 1. The van der Waals surface area contributed by atoms with Gasteiger partial charge >= 0.3 is 0 Å². The predicted octanol–water partition coefficient (Wildman–Crippen LogP) is 3.52. The molecule has 2 nitrogen and oxygen atoms in total. The van der Waals surface area contributed by atoms with Gasteiger partial charge in [-0.1, -0.05) is 19.1 Å². The molecule has 0 heterocycles. The number of hydrogen-bond donors (Lipinski definition) is 1. The standard InChI is InChI=1S/C17H27FN2/c1-4-19-17(9-10-20(3)12-14-6-7-14)15-8-5-13(2)16(18)11-15/h5,8,11,14,17,19H,4,6-7,9-10,12H2,1-3H3. The normalized spacial score (nSPS) is 16.6. The van der Waals surface area contributed by atoms with Crippen molar-refractivity contribution in [2.45, 2.75) is 39.2 Å². The zero-order valence-electron chi connectivity index (χ0n) is 13.0. The first-order valence-electron chi connectivity index (χ1n) is 7.78. The predicted molar refractivity (Wildman–Crippen MR) is 82.4 cm³/mol. The van der Waals surface area contributed by atoms with Gasteiger partial charge in [-0.15, -0.1) is 0 Å². The topological polar surface area (TPSA) is 15.3 Å². The highest BCUT2D eigenvalue weighted by Gasteiger charge is 2.23. The number of halogens is 1. The van der Waals surface area contributed by atoms with Crippen LogP contribution in [0.15, 0.2) is 18.2 Å². The Labute approximate surface area is 122 Å². The largest absolute Gasteiger partial charge is 0.310 e. The smallest absolute Gasteiger partial charge is 0.126 e. The lowest BCUT2D eigenvalue weighted by molar-refractivity contribution is 0.297. The Kier molecular flexibility index (Phi) is 5.55. The molecule has 1 unspecified atom stereocenters. The van der Waals surface area contributed by atoms with E-state index in [1.807, 2.05) is 19.1 Å². The van der Waals surface area contributed by atoms with Crippen LogP contribution in [-0.4, -0.2) is 31.6 Å². The number of nitrogens with zero attached hydrogens (tertiary/aromatic N) is 1. The quantitative estimate of drug-likeness (QED) is 0.783. The summed E-state index contributed by atoms with van der Waals surface area (Å²) in [6.45, 7) is 7.09. The summed E-state index contributed by atoms with van der Waals surface area (Å²) in [6.07, 6.45) is 3.81. The van der Waals surface area contributed by atoms with Gasteiger partial charge in [0.05, 0.1) is 0 Å². The zero-order chi connectivity index (χ0) is 14.5. The average Bonchev–Trinajstić information content (AvgIpc) is 3.22. The molecule has 1 saturated carbocycles. The molecule has 0 saturated heterocycles. The van der Waals surface area contributed by atoms with Crippen molar-refractivity contribution >= 4 is 0 Å². The number of nitrogens with one attached hydrogen (secondary N) is 1. The maximum absolute atomic E-state index is 13.7. The average molecular weight is 278 g/mol. The summed E-state index contributed by atoms with van der Waals surface area (Å²) in [5, 5.41) is 3.48. The Hall–Kier alpha value is -0.930. The second-order valence-corrected chi connectivity index (χ2v) is 6.11. The lowest BCUT2D eigenvalue weighted by atomic mass is 10.0. The molecule has 0 aromatic heterocycles. The van der Waals surface area contributed by atoms with Gasteiger partial charge in [-0.2, -0.15) is 0 Å². The Bertz CT molecular complexity index is 429. The molecule has 0 amide bonds. The fraction of sp³-hybridized carbons (Fsp3) is 0.647. The van der Waals surface area contributed by atoms with Crippen molar-refractivity contribution in [2.75, 3.05) is 26.7 Å². The molecule has 0 spiro atoms. The van der Waals surface area contributed by atoms with Crippen molar-refractivity contribution < 1.29 is 4.39 Å². The van der Waals surface area contributed by atoms with Gasteiger partial charge in [0.2, 0.25) is 0 Å². The molecule has 1 aromatic carbocycles. The summed E-state index contributed by atoms with van der Waals surface area (Å²) in [7, 11) is 2.19. The Morgan fingerprint density at radius 3 is 2.75 bits per heavy atom. The summed E-state index contributed by atoms with van der Waals surface area (Å²) in [6, 6.07) is 5.86. The van der Waals surface area contributed by atoms with Gasteiger partial charge in [0.25, 0.3) is 0 Å². The molecule has 1 aliphatic rings. The minimum atomic E-state index is -0.100. The molecule has 2 rings (SSSR count). The van der Waals surface area contributed by atoms with Crippen LogP contribution < -0.4 is 5.32 Å². The van der Waals surface area contributed by atoms with Crippen LogP contribution in [0.25, 0.3) is 0 Å². The van der Waals surface area contributed by atoms with E-state index in [1.165, 1.54) is 19.4 Å². The van der Waals surface area contributed by atoms with Crippen LogP contribution in [0.5, 0.6) is 0 Å². The third kappa shape index (κ3) is 4.57. The molecular weight excluding hydrogens is 251 g/mol. The number of rotatable bonds is 8. The second kappa shape index (κ2) is 7.19. The summed E-state index contributed by atoms with van der Waals surface area (Å²) in [5.74, 6) is 0.825. The molecule has 1 atom stereocenters. The van der Waals surface area contributed by atoms with Crippen LogP contribution in [0.4, 0.5) is 4.39 Å². The number of benzene rings is 1. The lowest BCUT2D eigenvalue weighted by Crippen LogP contribution is -2.28. The molecule has 1 aromatic rings. The first kappa shape index (κ1) is 15.5. The fourth-order valence-corrected chi connectivity index (χ4v) is 2.64. The molecular formula is C17H27FN2. The van der Waals surface area contributed by atoms with Crippen molar-refractivity contribution in [2.24, 2.45) is 5.92 Å². The maximum atomic E-state index is 13.7. The van der Waals surface area contributed by atoms with Gasteiger partial charge in [0, 0.05) is 12.6 Å². The molecule has 0 radical (unpaired) electrons. The molecule has 3 heteroatoms. The van der Waals surface area contributed by atoms with E-state index in [9.17, 15) is 4.39 Å². The van der Waals surface area contributed by atoms with E-state index in [1.54, 1.807) is 6.07 Å². The van der Waals surface area contributed by atoms with Crippen molar-refractivity contribution in [1.82, 2.24) is 10.2 Å². The van der Waals surface area contributed by atoms with Gasteiger partial charge in [-0.3, -0.25) is 0 Å². The van der Waals surface area contributed by atoms with Gasteiger partial charge in [-0.25, -0.2) is 4.39 Å². The van der Waals surface area contributed by atoms with Crippen LogP contribution in [0.1, 0.15) is 43.4 Å². The molecule has 1 aliphatic carbocycles. The van der Waals surface area contributed by atoms with Crippen LogP contribution >= 0.6 is 0 Å². The van der Waals surface area contributed by atoms with Gasteiger partial charge < -0.3 is 10.2 Å². The fourth-order valence-electron chi connectivity index (χ4n) is 2.64. The third-order valence-electron chi connectivity index (χ3n) is 4.12. The van der Waals surface area contributed by atoms with Crippen molar-refractivity contribution in [3.63, 3.8) is 0 Å². The van der Waals surface area contributed by atoms with E-state index in [-0.39, 0.29) is 11.9 Å².